The summed E-state index contributed by atoms with van der Waals surface area (Å²) < 4.78 is 23.0. The number of para-hydroxylation sites is 1. The first-order valence-corrected chi connectivity index (χ1v) is 9.91. The molecule has 5 nitrogen and oxygen atoms in total. The second kappa shape index (κ2) is 6.51. The Hall–Kier alpha value is -1.95. The van der Waals surface area contributed by atoms with Crippen LogP contribution in [-0.2, 0) is 9.84 Å². The van der Waals surface area contributed by atoms with Gasteiger partial charge in [0.1, 0.15) is 9.84 Å². The summed E-state index contributed by atoms with van der Waals surface area (Å²) in [6, 6.07) is 9.46. The van der Waals surface area contributed by atoms with Gasteiger partial charge in [0.2, 0.25) is 0 Å². The Morgan fingerprint density at radius 3 is 2.42 bits per heavy atom. The maximum absolute atomic E-state index is 13.1. The van der Waals surface area contributed by atoms with Gasteiger partial charge < -0.3 is 4.90 Å². The molecule has 0 saturated heterocycles. The molecule has 1 aromatic carbocycles. The van der Waals surface area contributed by atoms with Gasteiger partial charge in [-0.2, -0.15) is 0 Å². The summed E-state index contributed by atoms with van der Waals surface area (Å²) >= 11 is 0. The minimum absolute atomic E-state index is 0.0595. The Morgan fingerprint density at radius 1 is 1.21 bits per heavy atom. The number of fused-ring (bicyclic) bond motifs is 1. The van der Waals surface area contributed by atoms with E-state index in [1.54, 1.807) is 11.8 Å². The van der Waals surface area contributed by atoms with Crippen molar-refractivity contribution < 1.29 is 13.2 Å². The molecule has 0 unspecified atom stereocenters. The largest absolute Gasteiger partial charge is 0.333 e. The van der Waals surface area contributed by atoms with E-state index in [1.807, 2.05) is 51.1 Å². The highest BCUT2D eigenvalue weighted by atomic mass is 32.2. The number of amides is 1. The lowest BCUT2D eigenvalue weighted by Crippen LogP contribution is -2.48. The third-order valence-corrected chi connectivity index (χ3v) is 4.81. The first kappa shape index (κ1) is 18.4. The highest BCUT2D eigenvalue weighted by Gasteiger charge is 2.29. The van der Waals surface area contributed by atoms with Crippen molar-refractivity contribution in [2.75, 3.05) is 18.6 Å². The van der Waals surface area contributed by atoms with Gasteiger partial charge >= 0.3 is 0 Å². The SMILES string of the molecule is Cc1nc2ccccc2cc1C(=O)N(CCS(C)(=O)=O)C(C)(C)C. The molecule has 2 rings (SSSR count). The van der Waals surface area contributed by atoms with Crippen LogP contribution >= 0.6 is 0 Å². The number of aromatic nitrogens is 1. The number of aryl methyl sites for hydroxylation is 1. The lowest BCUT2D eigenvalue weighted by molar-refractivity contribution is 0.0600. The van der Waals surface area contributed by atoms with E-state index in [2.05, 4.69) is 4.98 Å². The Balaban J connectivity index is 2.44. The van der Waals surface area contributed by atoms with Gasteiger partial charge in [-0.3, -0.25) is 9.78 Å². The van der Waals surface area contributed by atoms with Gasteiger partial charge in [0.15, 0.2) is 0 Å². The molecule has 1 aromatic heterocycles. The smallest absolute Gasteiger partial charge is 0.256 e. The summed E-state index contributed by atoms with van der Waals surface area (Å²) in [5.41, 5.74) is 1.51. The molecule has 0 fully saturated rings. The Labute approximate surface area is 143 Å². The molecule has 2 aromatic rings. The average molecular weight is 348 g/mol. The maximum atomic E-state index is 13.1. The van der Waals surface area contributed by atoms with Crippen molar-refractivity contribution in [2.24, 2.45) is 0 Å². The summed E-state index contributed by atoms with van der Waals surface area (Å²) in [6.45, 7) is 7.66. The zero-order chi connectivity index (χ0) is 18.1. The molecular weight excluding hydrogens is 324 g/mol. The van der Waals surface area contributed by atoms with E-state index in [1.165, 1.54) is 6.26 Å². The Kier molecular flexibility index (Phi) is 4.99. The van der Waals surface area contributed by atoms with Crippen LogP contribution in [0.2, 0.25) is 0 Å². The van der Waals surface area contributed by atoms with Crippen LogP contribution in [0.25, 0.3) is 10.9 Å². The van der Waals surface area contributed by atoms with Crippen LogP contribution in [0, 0.1) is 6.92 Å². The van der Waals surface area contributed by atoms with Crippen LogP contribution < -0.4 is 0 Å². The van der Waals surface area contributed by atoms with Crippen LogP contribution in [0.3, 0.4) is 0 Å². The number of nitrogens with zero attached hydrogens (tertiary/aromatic N) is 2. The molecule has 0 radical (unpaired) electrons. The summed E-state index contributed by atoms with van der Waals surface area (Å²) in [4.78, 5) is 19.2. The van der Waals surface area contributed by atoms with E-state index in [0.29, 0.717) is 11.3 Å². The predicted molar refractivity (Wildman–Crippen MR) is 97.0 cm³/mol. The van der Waals surface area contributed by atoms with E-state index in [0.717, 1.165) is 10.9 Å². The molecule has 0 aliphatic carbocycles. The fourth-order valence-electron chi connectivity index (χ4n) is 2.57. The van der Waals surface area contributed by atoms with Crippen LogP contribution in [0.1, 0.15) is 36.8 Å². The van der Waals surface area contributed by atoms with Gasteiger partial charge in [0.05, 0.1) is 22.5 Å². The second-order valence-electron chi connectivity index (χ2n) is 7.07. The van der Waals surface area contributed by atoms with E-state index in [-0.39, 0.29) is 18.2 Å². The van der Waals surface area contributed by atoms with Crippen molar-refractivity contribution >= 4 is 26.6 Å². The Morgan fingerprint density at radius 2 is 1.83 bits per heavy atom. The number of carbonyl (C=O) groups is 1. The lowest BCUT2D eigenvalue weighted by Gasteiger charge is -2.36. The normalized spacial score (nSPS) is 12.4. The standard InChI is InChI=1S/C18H24N2O3S/c1-13-15(12-14-8-6-7-9-16(14)19-13)17(21)20(18(2,3)4)10-11-24(5,22)23/h6-9,12H,10-11H2,1-5H3. The summed E-state index contributed by atoms with van der Waals surface area (Å²) in [6.07, 6.45) is 1.18. The third kappa shape index (κ3) is 4.32. The van der Waals surface area contributed by atoms with E-state index < -0.39 is 15.4 Å². The van der Waals surface area contributed by atoms with E-state index in [4.69, 9.17) is 0 Å². The minimum atomic E-state index is -3.15. The fraction of sp³-hybridized carbons (Fsp3) is 0.444. The predicted octanol–water partition coefficient (Wildman–Crippen LogP) is 2.83. The summed E-state index contributed by atoms with van der Waals surface area (Å²) in [5, 5.41) is 0.892. The number of hydrogen-bond donors (Lipinski definition) is 0. The van der Waals surface area contributed by atoms with Crippen molar-refractivity contribution in [2.45, 2.75) is 33.2 Å². The first-order chi connectivity index (χ1) is 11.0. The molecule has 0 aliphatic heterocycles. The molecular formula is C18H24N2O3S. The fourth-order valence-corrected chi connectivity index (χ4v) is 3.09. The van der Waals surface area contributed by atoms with Crippen LogP contribution in [0.15, 0.2) is 30.3 Å². The number of hydrogen-bond acceptors (Lipinski definition) is 4. The summed E-state index contributed by atoms with van der Waals surface area (Å²) in [7, 11) is -3.15. The number of pyridine rings is 1. The molecule has 1 heterocycles. The highest BCUT2D eigenvalue weighted by Crippen LogP contribution is 2.22. The van der Waals surface area contributed by atoms with Crippen LogP contribution in [0.5, 0.6) is 0 Å². The number of rotatable bonds is 4. The molecule has 0 bridgehead atoms. The molecule has 0 N–H and O–H groups in total. The van der Waals surface area contributed by atoms with Gasteiger partial charge in [-0.05, 0) is 39.8 Å². The van der Waals surface area contributed by atoms with Crippen molar-refractivity contribution in [3.8, 4) is 0 Å². The van der Waals surface area contributed by atoms with Gasteiger partial charge in [-0.1, -0.05) is 18.2 Å². The third-order valence-electron chi connectivity index (χ3n) is 3.89. The van der Waals surface area contributed by atoms with Gasteiger partial charge in [-0.15, -0.1) is 0 Å². The number of benzene rings is 1. The van der Waals surface area contributed by atoms with Crippen LogP contribution in [0.4, 0.5) is 0 Å². The van der Waals surface area contributed by atoms with Gasteiger partial charge in [0, 0.05) is 23.7 Å². The van der Waals surface area contributed by atoms with Crippen LogP contribution in [-0.4, -0.2) is 48.3 Å². The summed E-state index contributed by atoms with van der Waals surface area (Å²) in [5.74, 6) is -0.252. The first-order valence-electron chi connectivity index (χ1n) is 7.85. The second-order valence-corrected chi connectivity index (χ2v) is 9.33. The molecule has 0 aliphatic rings. The molecule has 0 saturated carbocycles. The molecule has 0 spiro atoms. The lowest BCUT2D eigenvalue weighted by atomic mass is 10.0. The van der Waals surface area contributed by atoms with Crippen molar-refractivity contribution in [3.05, 3.63) is 41.6 Å². The Bertz CT molecular complexity index is 867. The van der Waals surface area contributed by atoms with E-state index >= 15 is 0 Å². The quantitative estimate of drug-likeness (QED) is 0.852. The monoisotopic (exact) mass is 348 g/mol. The molecule has 24 heavy (non-hydrogen) atoms. The van der Waals surface area contributed by atoms with Crippen molar-refractivity contribution in [1.29, 1.82) is 0 Å². The molecule has 1 amide bonds. The van der Waals surface area contributed by atoms with Crippen molar-refractivity contribution in [1.82, 2.24) is 9.88 Å². The topological polar surface area (TPSA) is 67.3 Å². The average Bonchev–Trinajstić information content (AvgIpc) is 2.43. The van der Waals surface area contributed by atoms with Gasteiger partial charge in [0.25, 0.3) is 5.91 Å². The van der Waals surface area contributed by atoms with Crippen molar-refractivity contribution in [3.63, 3.8) is 0 Å². The molecule has 6 heteroatoms. The minimum Gasteiger partial charge on any atom is -0.333 e. The maximum Gasteiger partial charge on any atom is 0.256 e. The zero-order valence-electron chi connectivity index (χ0n) is 14.8. The van der Waals surface area contributed by atoms with E-state index in [9.17, 15) is 13.2 Å². The van der Waals surface area contributed by atoms with Gasteiger partial charge in [-0.25, -0.2) is 8.42 Å². The highest BCUT2D eigenvalue weighted by molar-refractivity contribution is 7.90. The zero-order valence-corrected chi connectivity index (χ0v) is 15.6. The number of carbonyl (C=O) groups excluding carboxylic acids is 1. The number of sulfone groups is 1. The molecule has 130 valence electrons. The molecule has 0 atom stereocenters.